The molecular formula is C16H27NS. The first-order valence-corrected chi connectivity index (χ1v) is 8.37. The monoisotopic (exact) mass is 265 g/mol. The molecule has 0 saturated carbocycles. The van der Waals surface area contributed by atoms with E-state index in [0.29, 0.717) is 6.04 Å². The minimum atomic E-state index is 0.507. The summed E-state index contributed by atoms with van der Waals surface area (Å²) in [5, 5.41) is 3.68. The van der Waals surface area contributed by atoms with E-state index in [4.69, 9.17) is 0 Å². The molecule has 1 N–H and O–H groups in total. The summed E-state index contributed by atoms with van der Waals surface area (Å²) >= 11 is 2.06. The quantitative estimate of drug-likeness (QED) is 0.663. The zero-order chi connectivity index (χ0) is 13.2. The van der Waals surface area contributed by atoms with E-state index >= 15 is 0 Å². The molecule has 18 heavy (non-hydrogen) atoms. The van der Waals surface area contributed by atoms with E-state index in [2.05, 4.69) is 62.1 Å². The number of aryl methyl sites for hydroxylation is 1. The fourth-order valence-corrected chi connectivity index (χ4v) is 2.97. The van der Waals surface area contributed by atoms with Crippen molar-refractivity contribution < 1.29 is 0 Å². The van der Waals surface area contributed by atoms with E-state index < -0.39 is 0 Å². The van der Waals surface area contributed by atoms with Crippen LogP contribution in [0.2, 0.25) is 0 Å². The highest BCUT2D eigenvalue weighted by atomic mass is 32.2. The molecule has 2 heteroatoms. The Kier molecular flexibility index (Phi) is 8.19. The van der Waals surface area contributed by atoms with E-state index in [9.17, 15) is 0 Å². The van der Waals surface area contributed by atoms with Crippen LogP contribution < -0.4 is 5.32 Å². The Bertz CT molecular complexity index is 325. The zero-order valence-electron chi connectivity index (χ0n) is 12.0. The van der Waals surface area contributed by atoms with Gasteiger partial charge in [-0.1, -0.05) is 45.0 Å². The van der Waals surface area contributed by atoms with Gasteiger partial charge in [0.25, 0.3) is 0 Å². The van der Waals surface area contributed by atoms with Crippen LogP contribution in [0.4, 0.5) is 0 Å². The maximum absolute atomic E-state index is 3.68. The van der Waals surface area contributed by atoms with E-state index in [1.807, 2.05) is 0 Å². The first-order chi connectivity index (χ1) is 8.81. The highest BCUT2D eigenvalue weighted by Gasteiger charge is 2.10. The van der Waals surface area contributed by atoms with Crippen LogP contribution in [-0.4, -0.2) is 18.1 Å². The zero-order valence-corrected chi connectivity index (χ0v) is 12.9. The number of benzene rings is 1. The molecule has 1 rings (SSSR count). The van der Waals surface area contributed by atoms with Crippen LogP contribution >= 0.6 is 11.8 Å². The molecule has 0 amide bonds. The summed E-state index contributed by atoms with van der Waals surface area (Å²) in [5.74, 6) is 2.44. The molecule has 0 radical (unpaired) electrons. The van der Waals surface area contributed by atoms with Crippen molar-refractivity contribution in [1.29, 1.82) is 0 Å². The molecule has 0 saturated heterocycles. The van der Waals surface area contributed by atoms with Gasteiger partial charge in [0.1, 0.15) is 0 Å². The van der Waals surface area contributed by atoms with Crippen molar-refractivity contribution in [3.63, 3.8) is 0 Å². The third kappa shape index (κ3) is 5.45. The predicted molar refractivity (Wildman–Crippen MR) is 84.5 cm³/mol. The summed E-state index contributed by atoms with van der Waals surface area (Å²) in [6.45, 7) is 7.80. The van der Waals surface area contributed by atoms with Crippen LogP contribution in [-0.2, 0) is 6.42 Å². The predicted octanol–water partition coefficient (Wildman–Crippen LogP) is 4.43. The third-order valence-electron chi connectivity index (χ3n) is 3.04. The molecule has 0 spiro atoms. The molecule has 0 bridgehead atoms. The standard InChI is InChI=1S/C16H27NS/c1-4-10-17-16(13-18-11-5-2)15-9-7-8-14(6-3)12-15/h7-9,12,16-17H,4-6,10-11,13H2,1-3H3. The van der Waals surface area contributed by atoms with Crippen molar-refractivity contribution in [2.24, 2.45) is 0 Å². The molecular weight excluding hydrogens is 238 g/mol. The molecule has 1 aromatic carbocycles. The summed E-state index contributed by atoms with van der Waals surface area (Å²) < 4.78 is 0. The van der Waals surface area contributed by atoms with Gasteiger partial charge in [0.05, 0.1) is 0 Å². The first-order valence-electron chi connectivity index (χ1n) is 7.21. The van der Waals surface area contributed by atoms with Gasteiger partial charge in [-0.3, -0.25) is 0 Å². The summed E-state index contributed by atoms with van der Waals surface area (Å²) in [5.41, 5.74) is 2.89. The fourth-order valence-electron chi connectivity index (χ4n) is 1.97. The molecule has 1 nitrogen and oxygen atoms in total. The third-order valence-corrected chi connectivity index (χ3v) is 4.30. The Hall–Kier alpha value is -0.470. The smallest absolute Gasteiger partial charge is 0.0411 e. The average Bonchev–Trinajstić information content (AvgIpc) is 2.42. The van der Waals surface area contributed by atoms with Gasteiger partial charge in [0.15, 0.2) is 0 Å². The maximum atomic E-state index is 3.68. The lowest BCUT2D eigenvalue weighted by Gasteiger charge is -2.19. The van der Waals surface area contributed by atoms with Gasteiger partial charge in [0.2, 0.25) is 0 Å². The molecule has 102 valence electrons. The molecule has 0 aliphatic rings. The van der Waals surface area contributed by atoms with Crippen LogP contribution in [0.1, 0.15) is 50.8 Å². The van der Waals surface area contributed by atoms with Gasteiger partial charge >= 0.3 is 0 Å². The first kappa shape index (κ1) is 15.6. The molecule has 0 heterocycles. The normalized spacial score (nSPS) is 12.6. The lowest BCUT2D eigenvalue weighted by Crippen LogP contribution is -2.24. The van der Waals surface area contributed by atoms with Crippen LogP contribution in [0, 0.1) is 0 Å². The molecule has 1 atom stereocenters. The van der Waals surface area contributed by atoms with Crippen LogP contribution in [0.3, 0.4) is 0 Å². The summed E-state index contributed by atoms with van der Waals surface area (Å²) in [6, 6.07) is 9.55. The molecule has 1 aromatic rings. The summed E-state index contributed by atoms with van der Waals surface area (Å²) in [4.78, 5) is 0. The van der Waals surface area contributed by atoms with Gasteiger partial charge in [-0.15, -0.1) is 0 Å². The van der Waals surface area contributed by atoms with E-state index in [1.54, 1.807) is 0 Å². The summed E-state index contributed by atoms with van der Waals surface area (Å²) in [6.07, 6.45) is 3.58. The second kappa shape index (κ2) is 9.46. The Morgan fingerprint density at radius 2 is 2.00 bits per heavy atom. The van der Waals surface area contributed by atoms with Crippen LogP contribution in [0.15, 0.2) is 24.3 Å². The highest BCUT2D eigenvalue weighted by Crippen LogP contribution is 2.20. The van der Waals surface area contributed by atoms with E-state index in [-0.39, 0.29) is 0 Å². The molecule has 0 aliphatic heterocycles. The summed E-state index contributed by atoms with van der Waals surface area (Å²) in [7, 11) is 0. The SMILES string of the molecule is CCCNC(CSCCC)c1cccc(CC)c1. The lowest BCUT2D eigenvalue weighted by molar-refractivity contribution is 0.577. The van der Waals surface area contributed by atoms with Crippen molar-refractivity contribution in [2.75, 3.05) is 18.1 Å². The number of rotatable bonds is 9. The second-order valence-electron chi connectivity index (χ2n) is 4.68. The van der Waals surface area contributed by atoms with Crippen molar-refractivity contribution in [1.82, 2.24) is 5.32 Å². The fraction of sp³-hybridized carbons (Fsp3) is 0.625. The van der Waals surface area contributed by atoms with Crippen molar-refractivity contribution in [3.05, 3.63) is 35.4 Å². The number of nitrogens with one attached hydrogen (secondary N) is 1. The number of hydrogen-bond acceptors (Lipinski definition) is 2. The average molecular weight is 265 g/mol. The Morgan fingerprint density at radius 3 is 2.67 bits per heavy atom. The Labute approximate surface area is 117 Å². The topological polar surface area (TPSA) is 12.0 Å². The largest absolute Gasteiger partial charge is 0.309 e. The Balaban J connectivity index is 2.66. The van der Waals surface area contributed by atoms with E-state index in [1.165, 1.54) is 35.5 Å². The second-order valence-corrected chi connectivity index (χ2v) is 5.83. The molecule has 0 aliphatic carbocycles. The minimum Gasteiger partial charge on any atom is -0.309 e. The van der Waals surface area contributed by atoms with Gasteiger partial charge in [-0.25, -0.2) is 0 Å². The molecule has 0 fully saturated rings. The number of hydrogen-bond donors (Lipinski definition) is 1. The van der Waals surface area contributed by atoms with Crippen LogP contribution in [0.25, 0.3) is 0 Å². The van der Waals surface area contributed by atoms with Crippen molar-refractivity contribution in [3.8, 4) is 0 Å². The highest BCUT2D eigenvalue weighted by molar-refractivity contribution is 7.99. The molecule has 0 aromatic heterocycles. The van der Waals surface area contributed by atoms with Gasteiger partial charge in [-0.2, -0.15) is 11.8 Å². The van der Waals surface area contributed by atoms with Crippen molar-refractivity contribution >= 4 is 11.8 Å². The van der Waals surface area contributed by atoms with Crippen molar-refractivity contribution in [2.45, 2.75) is 46.1 Å². The van der Waals surface area contributed by atoms with Gasteiger partial charge in [-0.05, 0) is 42.7 Å². The molecule has 1 unspecified atom stereocenters. The van der Waals surface area contributed by atoms with Gasteiger partial charge < -0.3 is 5.32 Å². The van der Waals surface area contributed by atoms with E-state index in [0.717, 1.165) is 13.0 Å². The maximum Gasteiger partial charge on any atom is 0.0411 e. The Morgan fingerprint density at radius 1 is 1.17 bits per heavy atom. The number of thioether (sulfide) groups is 1. The van der Waals surface area contributed by atoms with Gasteiger partial charge in [0, 0.05) is 11.8 Å². The lowest BCUT2D eigenvalue weighted by atomic mass is 10.0. The van der Waals surface area contributed by atoms with Crippen LogP contribution in [0.5, 0.6) is 0 Å². The minimum absolute atomic E-state index is 0.507.